The molecule has 0 unspecified atom stereocenters. The Bertz CT molecular complexity index is 512. The normalized spacial score (nSPS) is 10.2. The first-order valence-electron chi connectivity index (χ1n) is 5.52. The van der Waals surface area contributed by atoms with Gasteiger partial charge >= 0.3 is 0 Å². The summed E-state index contributed by atoms with van der Waals surface area (Å²) in [6.45, 7) is 4.54. The third-order valence-electron chi connectivity index (χ3n) is 2.91. The van der Waals surface area contributed by atoms with Gasteiger partial charge in [-0.05, 0) is 39.4 Å². The zero-order valence-electron chi connectivity index (χ0n) is 10.4. The fourth-order valence-corrected chi connectivity index (χ4v) is 1.70. The van der Waals surface area contributed by atoms with Crippen LogP contribution in [0.15, 0.2) is 4.79 Å². The molecule has 0 aliphatic rings. The first-order valence-corrected chi connectivity index (χ1v) is 5.52. The average molecular weight is 235 g/mol. The Balaban J connectivity index is 3.27. The molecule has 5 nitrogen and oxygen atoms in total. The minimum Gasteiger partial charge on any atom is -0.494 e. The molecule has 17 heavy (non-hydrogen) atoms. The van der Waals surface area contributed by atoms with Crippen molar-refractivity contribution in [1.82, 2.24) is 9.88 Å². The second-order valence-corrected chi connectivity index (χ2v) is 3.97. The molecule has 0 saturated heterocycles. The van der Waals surface area contributed by atoms with Gasteiger partial charge in [0, 0.05) is 12.1 Å². The van der Waals surface area contributed by atoms with Crippen LogP contribution in [-0.2, 0) is 6.54 Å². The van der Waals surface area contributed by atoms with E-state index in [9.17, 15) is 9.90 Å². The van der Waals surface area contributed by atoms with Crippen LogP contribution in [0.1, 0.15) is 23.1 Å². The molecule has 0 aromatic carbocycles. The largest absolute Gasteiger partial charge is 0.494 e. The molecule has 0 amide bonds. The van der Waals surface area contributed by atoms with Gasteiger partial charge in [-0.2, -0.15) is 5.26 Å². The Kier molecular flexibility index (Phi) is 4.30. The minimum atomic E-state index is -0.413. The maximum atomic E-state index is 11.9. The Morgan fingerprint density at radius 3 is 2.59 bits per heavy atom. The third kappa shape index (κ3) is 2.48. The molecule has 1 rings (SSSR count). The molecule has 5 heteroatoms. The second kappa shape index (κ2) is 5.51. The van der Waals surface area contributed by atoms with Gasteiger partial charge in [0.15, 0.2) is 5.88 Å². The summed E-state index contributed by atoms with van der Waals surface area (Å²) < 4.78 is 1.26. The molecular weight excluding hydrogens is 218 g/mol. The SMILES string of the molecule is CNCCCn1c(O)c(C)c(C)c(C#N)c1=O. The molecule has 0 aliphatic heterocycles. The summed E-state index contributed by atoms with van der Waals surface area (Å²) in [5.41, 5.74) is 0.847. The van der Waals surface area contributed by atoms with E-state index in [0.29, 0.717) is 17.7 Å². The monoisotopic (exact) mass is 235 g/mol. The van der Waals surface area contributed by atoms with Crippen molar-refractivity contribution in [3.05, 3.63) is 27.0 Å². The third-order valence-corrected chi connectivity index (χ3v) is 2.91. The van der Waals surface area contributed by atoms with Crippen molar-refractivity contribution in [1.29, 1.82) is 5.26 Å². The quantitative estimate of drug-likeness (QED) is 0.751. The van der Waals surface area contributed by atoms with E-state index in [0.717, 1.165) is 13.0 Å². The van der Waals surface area contributed by atoms with E-state index in [4.69, 9.17) is 5.26 Å². The van der Waals surface area contributed by atoms with E-state index in [2.05, 4.69) is 5.32 Å². The second-order valence-electron chi connectivity index (χ2n) is 3.97. The molecule has 0 aliphatic carbocycles. The van der Waals surface area contributed by atoms with Gasteiger partial charge in [-0.15, -0.1) is 0 Å². The van der Waals surface area contributed by atoms with Crippen LogP contribution in [0.4, 0.5) is 0 Å². The van der Waals surface area contributed by atoms with Gasteiger partial charge in [-0.3, -0.25) is 9.36 Å². The summed E-state index contributed by atoms with van der Waals surface area (Å²) in [5.74, 6) is -0.0393. The highest BCUT2D eigenvalue weighted by Crippen LogP contribution is 2.19. The average Bonchev–Trinajstić information content (AvgIpc) is 2.32. The molecule has 0 spiro atoms. The maximum Gasteiger partial charge on any atom is 0.271 e. The smallest absolute Gasteiger partial charge is 0.271 e. The Morgan fingerprint density at radius 1 is 1.41 bits per heavy atom. The highest BCUT2D eigenvalue weighted by Gasteiger charge is 2.15. The van der Waals surface area contributed by atoms with Crippen molar-refractivity contribution in [2.24, 2.45) is 0 Å². The molecule has 0 bridgehead atoms. The molecule has 1 aromatic heterocycles. The van der Waals surface area contributed by atoms with Gasteiger partial charge in [0.05, 0.1) is 0 Å². The molecular formula is C12H17N3O2. The van der Waals surface area contributed by atoms with Crippen LogP contribution in [0.3, 0.4) is 0 Å². The summed E-state index contributed by atoms with van der Waals surface area (Å²) in [5, 5.41) is 21.8. The van der Waals surface area contributed by atoms with Crippen molar-refractivity contribution in [2.75, 3.05) is 13.6 Å². The van der Waals surface area contributed by atoms with Crippen LogP contribution in [0, 0.1) is 25.2 Å². The van der Waals surface area contributed by atoms with Crippen molar-refractivity contribution in [3.8, 4) is 11.9 Å². The van der Waals surface area contributed by atoms with Gasteiger partial charge < -0.3 is 10.4 Å². The first-order chi connectivity index (χ1) is 8.04. The molecule has 0 radical (unpaired) electrons. The van der Waals surface area contributed by atoms with E-state index in [1.807, 2.05) is 13.1 Å². The van der Waals surface area contributed by atoms with Gasteiger partial charge in [0.2, 0.25) is 0 Å². The van der Waals surface area contributed by atoms with Crippen molar-refractivity contribution in [3.63, 3.8) is 0 Å². The lowest BCUT2D eigenvalue weighted by Gasteiger charge is -2.13. The number of rotatable bonds is 4. The Morgan fingerprint density at radius 2 is 2.06 bits per heavy atom. The highest BCUT2D eigenvalue weighted by atomic mass is 16.3. The zero-order valence-corrected chi connectivity index (χ0v) is 10.4. The summed E-state index contributed by atoms with van der Waals surface area (Å²) in [6, 6.07) is 1.90. The van der Waals surface area contributed by atoms with Crippen LogP contribution >= 0.6 is 0 Å². The molecule has 0 atom stereocenters. The van der Waals surface area contributed by atoms with E-state index in [1.165, 1.54) is 4.57 Å². The van der Waals surface area contributed by atoms with Crippen molar-refractivity contribution in [2.45, 2.75) is 26.8 Å². The van der Waals surface area contributed by atoms with Gasteiger partial charge in [-0.25, -0.2) is 0 Å². The van der Waals surface area contributed by atoms with Gasteiger partial charge in [0.25, 0.3) is 5.56 Å². The summed E-state index contributed by atoms with van der Waals surface area (Å²) in [4.78, 5) is 11.9. The number of nitrogens with one attached hydrogen (secondary N) is 1. The molecule has 1 aromatic rings. The standard InChI is InChI=1S/C12H17N3O2/c1-8-9(2)11(16)15(6-4-5-14-3)12(17)10(8)7-13/h14,16H,4-6H2,1-3H3. The number of aromatic nitrogens is 1. The summed E-state index contributed by atoms with van der Waals surface area (Å²) in [6.07, 6.45) is 0.720. The van der Waals surface area contributed by atoms with Crippen LogP contribution in [0.2, 0.25) is 0 Å². The minimum absolute atomic E-state index is 0.0393. The lowest BCUT2D eigenvalue weighted by atomic mass is 10.1. The Hall–Kier alpha value is -1.80. The first kappa shape index (κ1) is 13.3. The van der Waals surface area contributed by atoms with E-state index < -0.39 is 5.56 Å². The predicted octanol–water partition coefficient (Wildman–Crippen LogP) is 0.652. The number of nitrogens with zero attached hydrogens (tertiary/aromatic N) is 2. The number of hydrogen-bond acceptors (Lipinski definition) is 4. The van der Waals surface area contributed by atoms with Crippen LogP contribution < -0.4 is 10.9 Å². The Labute approximate surface area is 100 Å². The maximum absolute atomic E-state index is 11.9. The number of hydrogen-bond donors (Lipinski definition) is 2. The van der Waals surface area contributed by atoms with E-state index >= 15 is 0 Å². The van der Waals surface area contributed by atoms with Crippen molar-refractivity contribution < 1.29 is 5.11 Å². The fourth-order valence-electron chi connectivity index (χ4n) is 1.70. The van der Waals surface area contributed by atoms with Gasteiger partial charge in [0.1, 0.15) is 11.6 Å². The predicted molar refractivity (Wildman–Crippen MR) is 65.1 cm³/mol. The highest BCUT2D eigenvalue weighted by molar-refractivity contribution is 5.44. The fraction of sp³-hybridized carbons (Fsp3) is 0.500. The molecule has 0 fully saturated rings. The van der Waals surface area contributed by atoms with E-state index in [-0.39, 0.29) is 11.4 Å². The topological polar surface area (TPSA) is 78.0 Å². The van der Waals surface area contributed by atoms with Crippen molar-refractivity contribution >= 4 is 0 Å². The number of pyridine rings is 1. The number of nitriles is 1. The summed E-state index contributed by atoms with van der Waals surface area (Å²) in [7, 11) is 1.82. The van der Waals surface area contributed by atoms with Gasteiger partial charge in [-0.1, -0.05) is 0 Å². The molecule has 1 heterocycles. The van der Waals surface area contributed by atoms with Crippen LogP contribution in [0.25, 0.3) is 0 Å². The molecule has 2 N–H and O–H groups in total. The summed E-state index contributed by atoms with van der Waals surface area (Å²) >= 11 is 0. The lowest BCUT2D eigenvalue weighted by molar-refractivity contribution is 0.396. The zero-order chi connectivity index (χ0) is 13.0. The number of aromatic hydroxyl groups is 1. The van der Waals surface area contributed by atoms with E-state index in [1.54, 1.807) is 13.8 Å². The van der Waals surface area contributed by atoms with Crippen LogP contribution in [0.5, 0.6) is 5.88 Å². The molecule has 92 valence electrons. The molecule has 0 saturated carbocycles. The van der Waals surface area contributed by atoms with Crippen LogP contribution in [-0.4, -0.2) is 23.3 Å². The lowest BCUT2D eigenvalue weighted by Crippen LogP contribution is -2.26.